The lowest BCUT2D eigenvalue weighted by Gasteiger charge is -2.17. The Morgan fingerprint density at radius 3 is 2.96 bits per heavy atom. The van der Waals surface area contributed by atoms with Crippen molar-refractivity contribution >= 4 is 34.2 Å². The van der Waals surface area contributed by atoms with E-state index >= 15 is 0 Å². The number of amides is 1. The van der Waals surface area contributed by atoms with E-state index < -0.39 is 18.6 Å². The van der Waals surface area contributed by atoms with Gasteiger partial charge in [0, 0.05) is 12.7 Å². The summed E-state index contributed by atoms with van der Waals surface area (Å²) in [4.78, 5) is 16.1. The molecule has 1 atom stereocenters. The largest absolute Gasteiger partial charge is 0.394 e. The van der Waals surface area contributed by atoms with Gasteiger partial charge in [-0.1, -0.05) is 0 Å². The van der Waals surface area contributed by atoms with Crippen LogP contribution < -0.4 is 10.6 Å². The molecule has 1 aromatic heterocycles. The van der Waals surface area contributed by atoms with Gasteiger partial charge in [-0.25, -0.2) is 4.39 Å². The molecule has 0 saturated carbocycles. The monoisotopic (exact) mass is 433 g/mol. The summed E-state index contributed by atoms with van der Waals surface area (Å²) in [6.45, 7) is -0.514. The molecule has 1 heterocycles. The first-order valence-electron chi connectivity index (χ1n) is 7.04. The standard InChI is InChI=1S/C15H17FIN3O3/c16-12-5-9(17)1-2-13(12)20-14-7-18-4-3-11(14)15(23)19-6-10(22)8-21/h3-5,7,10,20-22H,1-2,6,8H2,(H,19,23)/t10-/m0/s1. The van der Waals surface area contributed by atoms with Crippen molar-refractivity contribution in [3.63, 3.8) is 0 Å². The predicted octanol–water partition coefficient (Wildman–Crippen LogP) is 1.87. The molecule has 0 unspecified atom stereocenters. The summed E-state index contributed by atoms with van der Waals surface area (Å²) in [5.41, 5.74) is 1.08. The summed E-state index contributed by atoms with van der Waals surface area (Å²) < 4.78 is 14.9. The topological polar surface area (TPSA) is 94.5 Å². The Kier molecular flexibility index (Phi) is 6.48. The molecular formula is C15H17FIN3O3. The van der Waals surface area contributed by atoms with Crippen LogP contribution in [0.2, 0.25) is 0 Å². The van der Waals surface area contributed by atoms with Crippen LogP contribution in [0.25, 0.3) is 0 Å². The first-order valence-corrected chi connectivity index (χ1v) is 8.12. The Morgan fingerprint density at radius 1 is 1.48 bits per heavy atom. The van der Waals surface area contributed by atoms with Gasteiger partial charge >= 0.3 is 0 Å². The summed E-state index contributed by atoms with van der Waals surface area (Å²) >= 11 is 2.09. The lowest BCUT2D eigenvalue weighted by molar-refractivity contribution is 0.0802. The SMILES string of the molecule is O=C(NC[C@H](O)CO)c1ccncc1NC1=C(F)C=C(I)CC1. The first kappa shape index (κ1) is 17.8. The molecule has 23 heavy (non-hydrogen) atoms. The molecule has 4 N–H and O–H groups in total. The Labute approximate surface area is 146 Å². The third-order valence-corrected chi connectivity index (χ3v) is 4.10. The number of aliphatic hydroxyl groups is 2. The van der Waals surface area contributed by atoms with E-state index in [1.165, 1.54) is 24.5 Å². The summed E-state index contributed by atoms with van der Waals surface area (Å²) in [7, 11) is 0. The van der Waals surface area contributed by atoms with Crippen LogP contribution in [0.5, 0.6) is 0 Å². The minimum absolute atomic E-state index is 0.0743. The van der Waals surface area contributed by atoms with E-state index in [2.05, 4.69) is 38.2 Å². The molecule has 124 valence electrons. The fraction of sp³-hybridized carbons (Fsp3) is 0.333. The molecule has 0 saturated heterocycles. The number of carbonyl (C=O) groups excluding carboxylic acids is 1. The molecule has 1 aliphatic carbocycles. The van der Waals surface area contributed by atoms with Crippen molar-refractivity contribution in [2.45, 2.75) is 18.9 Å². The molecule has 0 spiro atoms. The van der Waals surface area contributed by atoms with Crippen LogP contribution in [0, 0.1) is 0 Å². The molecule has 0 aromatic carbocycles. The fourth-order valence-electron chi connectivity index (χ4n) is 2.01. The van der Waals surface area contributed by atoms with E-state index in [-0.39, 0.29) is 17.9 Å². The lowest BCUT2D eigenvalue weighted by Crippen LogP contribution is -2.34. The highest BCUT2D eigenvalue weighted by Crippen LogP contribution is 2.29. The summed E-state index contributed by atoms with van der Waals surface area (Å²) in [5, 5.41) is 23.5. The highest BCUT2D eigenvalue weighted by atomic mass is 127. The van der Waals surface area contributed by atoms with Crippen molar-refractivity contribution in [2.75, 3.05) is 18.5 Å². The second kappa shape index (κ2) is 8.37. The third-order valence-electron chi connectivity index (χ3n) is 3.25. The number of allylic oxidation sites excluding steroid dienone is 4. The van der Waals surface area contributed by atoms with Crippen molar-refractivity contribution in [1.82, 2.24) is 10.3 Å². The second-order valence-electron chi connectivity index (χ2n) is 5.01. The van der Waals surface area contributed by atoms with Gasteiger partial charge in [0.15, 0.2) is 0 Å². The number of halogens is 2. The zero-order valence-electron chi connectivity index (χ0n) is 12.2. The van der Waals surface area contributed by atoms with E-state index in [4.69, 9.17) is 5.11 Å². The van der Waals surface area contributed by atoms with E-state index in [1.807, 2.05) is 0 Å². The van der Waals surface area contributed by atoms with Crippen molar-refractivity contribution < 1.29 is 19.4 Å². The third kappa shape index (κ3) is 4.98. The van der Waals surface area contributed by atoms with Gasteiger partial charge in [0.2, 0.25) is 0 Å². The number of rotatable bonds is 6. The van der Waals surface area contributed by atoms with Gasteiger partial charge < -0.3 is 20.8 Å². The van der Waals surface area contributed by atoms with Gasteiger partial charge in [-0.2, -0.15) is 0 Å². The summed E-state index contributed by atoms with van der Waals surface area (Å²) in [5.74, 6) is -0.795. The molecule has 0 aliphatic heterocycles. The van der Waals surface area contributed by atoms with Gasteiger partial charge in [-0.15, -0.1) is 0 Å². The first-order chi connectivity index (χ1) is 11.0. The number of nitrogens with zero attached hydrogens (tertiary/aromatic N) is 1. The molecular weight excluding hydrogens is 416 g/mol. The maximum Gasteiger partial charge on any atom is 0.253 e. The smallest absolute Gasteiger partial charge is 0.253 e. The van der Waals surface area contributed by atoms with Gasteiger partial charge in [0.05, 0.1) is 35.9 Å². The number of nitrogens with one attached hydrogen (secondary N) is 2. The van der Waals surface area contributed by atoms with Gasteiger partial charge in [-0.3, -0.25) is 9.78 Å². The Hall–Kier alpha value is -1.52. The van der Waals surface area contributed by atoms with Gasteiger partial charge in [0.1, 0.15) is 5.83 Å². The highest BCUT2D eigenvalue weighted by molar-refractivity contribution is 14.1. The van der Waals surface area contributed by atoms with Crippen LogP contribution in [0.15, 0.2) is 39.6 Å². The number of hydrogen-bond donors (Lipinski definition) is 4. The molecule has 1 aromatic rings. The fourth-order valence-corrected chi connectivity index (χ4v) is 2.55. The van der Waals surface area contributed by atoms with Crippen molar-refractivity contribution in [3.8, 4) is 0 Å². The number of hydrogen-bond acceptors (Lipinski definition) is 5. The summed E-state index contributed by atoms with van der Waals surface area (Å²) in [6, 6.07) is 1.50. The normalized spacial score (nSPS) is 15.9. The van der Waals surface area contributed by atoms with Crippen molar-refractivity contribution in [1.29, 1.82) is 0 Å². The Balaban J connectivity index is 2.15. The van der Waals surface area contributed by atoms with E-state index in [1.54, 1.807) is 0 Å². The molecule has 0 radical (unpaired) electrons. The molecule has 6 nitrogen and oxygen atoms in total. The zero-order chi connectivity index (χ0) is 16.8. The number of anilines is 1. The molecule has 2 rings (SSSR count). The van der Waals surface area contributed by atoms with Crippen LogP contribution in [0.4, 0.5) is 10.1 Å². The minimum atomic E-state index is -1.03. The molecule has 0 bridgehead atoms. The quantitative estimate of drug-likeness (QED) is 0.514. The Bertz CT molecular complexity index is 649. The van der Waals surface area contributed by atoms with E-state index in [0.29, 0.717) is 17.8 Å². The lowest BCUT2D eigenvalue weighted by atomic mass is 10.1. The number of aliphatic hydroxyl groups excluding tert-OH is 2. The van der Waals surface area contributed by atoms with Crippen molar-refractivity contribution in [2.24, 2.45) is 0 Å². The van der Waals surface area contributed by atoms with Gasteiger partial charge in [0.25, 0.3) is 5.91 Å². The van der Waals surface area contributed by atoms with Crippen molar-refractivity contribution in [3.05, 3.63) is 45.2 Å². The number of carbonyl (C=O) groups is 1. The molecule has 8 heteroatoms. The highest BCUT2D eigenvalue weighted by Gasteiger charge is 2.17. The average Bonchev–Trinajstić information content (AvgIpc) is 2.55. The maximum atomic E-state index is 14.0. The molecule has 1 amide bonds. The molecule has 0 fully saturated rings. The van der Waals surface area contributed by atoms with Crippen LogP contribution in [0.1, 0.15) is 23.2 Å². The summed E-state index contributed by atoms with van der Waals surface area (Å²) in [6.07, 6.45) is 4.58. The van der Waals surface area contributed by atoms with E-state index in [0.717, 1.165) is 10.0 Å². The van der Waals surface area contributed by atoms with Gasteiger partial charge in [-0.05, 0) is 51.2 Å². The minimum Gasteiger partial charge on any atom is -0.394 e. The molecule has 1 aliphatic rings. The predicted molar refractivity (Wildman–Crippen MR) is 92.8 cm³/mol. The van der Waals surface area contributed by atoms with Crippen LogP contribution in [-0.4, -0.2) is 40.4 Å². The average molecular weight is 433 g/mol. The number of aromatic nitrogens is 1. The second-order valence-corrected chi connectivity index (χ2v) is 6.40. The van der Waals surface area contributed by atoms with Crippen LogP contribution in [-0.2, 0) is 0 Å². The maximum absolute atomic E-state index is 14.0. The zero-order valence-corrected chi connectivity index (χ0v) is 14.4. The van der Waals surface area contributed by atoms with Crippen LogP contribution in [0.3, 0.4) is 0 Å². The van der Waals surface area contributed by atoms with E-state index in [9.17, 15) is 14.3 Å². The number of pyridine rings is 1. The van der Waals surface area contributed by atoms with Crippen LogP contribution >= 0.6 is 22.6 Å². The Morgan fingerprint density at radius 2 is 2.26 bits per heavy atom.